The summed E-state index contributed by atoms with van der Waals surface area (Å²) < 4.78 is 4.92. The van der Waals surface area contributed by atoms with Gasteiger partial charge in [0.1, 0.15) is 6.10 Å². The largest absolute Gasteiger partial charge is 0.453 e. The fraction of sp³-hybridized carbons (Fsp3) is 0.250. The number of ether oxygens (including phenoxy) is 1. The van der Waals surface area contributed by atoms with E-state index in [0.717, 1.165) is 12.3 Å². The molecule has 6 nitrogen and oxygen atoms in total. The summed E-state index contributed by atoms with van der Waals surface area (Å²) in [6.45, 7) is 1.66. The van der Waals surface area contributed by atoms with Gasteiger partial charge in [0.15, 0.2) is 5.13 Å². The molecule has 80 valence electrons. The smallest absolute Gasteiger partial charge is 0.333 e. The number of aromatic nitrogens is 1. The van der Waals surface area contributed by atoms with Gasteiger partial charge in [-0.1, -0.05) is 0 Å². The Labute approximate surface area is 89.7 Å². The van der Waals surface area contributed by atoms with Crippen LogP contribution in [0, 0.1) is 4.91 Å². The number of nitroso groups, excluding NO2 is 1. The van der Waals surface area contributed by atoms with Crippen molar-refractivity contribution in [3.63, 3.8) is 0 Å². The first-order valence-electron chi connectivity index (χ1n) is 4.04. The molecule has 0 saturated carbocycles. The van der Waals surface area contributed by atoms with Crippen molar-refractivity contribution in [3.05, 3.63) is 28.3 Å². The van der Waals surface area contributed by atoms with E-state index in [1.165, 1.54) is 11.3 Å². The number of thiazole rings is 1. The molecular weight excluding hydrogens is 218 g/mol. The third kappa shape index (κ3) is 3.47. The van der Waals surface area contributed by atoms with Gasteiger partial charge >= 0.3 is 5.97 Å². The second-order valence-corrected chi connectivity index (χ2v) is 3.50. The van der Waals surface area contributed by atoms with Gasteiger partial charge in [-0.2, -0.15) is 0 Å². The molecule has 0 aliphatic heterocycles. The normalized spacial score (nSPS) is 12.6. The van der Waals surface area contributed by atoms with Gasteiger partial charge in [0.25, 0.3) is 0 Å². The molecule has 0 aromatic carbocycles. The number of anilines is 1. The second kappa shape index (κ2) is 5.20. The van der Waals surface area contributed by atoms with Gasteiger partial charge in [-0.15, -0.1) is 16.2 Å². The van der Waals surface area contributed by atoms with E-state index in [9.17, 15) is 9.70 Å². The van der Waals surface area contributed by atoms with E-state index in [4.69, 9.17) is 10.5 Å². The molecule has 0 saturated heterocycles. The van der Waals surface area contributed by atoms with Crippen LogP contribution in [-0.2, 0) is 9.53 Å². The molecule has 0 radical (unpaired) electrons. The van der Waals surface area contributed by atoms with Crippen molar-refractivity contribution in [2.24, 2.45) is 5.18 Å². The Kier molecular flexibility index (Phi) is 3.92. The molecule has 1 aromatic heterocycles. The molecule has 0 spiro atoms. The zero-order chi connectivity index (χ0) is 11.3. The Bertz CT molecular complexity index is 388. The Balaban J connectivity index is 2.55. The first-order chi connectivity index (χ1) is 7.13. The molecule has 0 aliphatic rings. The number of esters is 1. The minimum Gasteiger partial charge on any atom is -0.453 e. The average molecular weight is 227 g/mol. The summed E-state index contributed by atoms with van der Waals surface area (Å²) in [5, 5.41) is 4.51. The van der Waals surface area contributed by atoms with Crippen LogP contribution in [0.3, 0.4) is 0 Å². The van der Waals surface area contributed by atoms with E-state index in [0.29, 0.717) is 10.8 Å². The SMILES string of the molecule is CC(OC(=O)C=CN=O)c1csc(N)n1. The number of carbonyl (C=O) groups is 1. The summed E-state index contributed by atoms with van der Waals surface area (Å²) in [5.41, 5.74) is 6.01. The summed E-state index contributed by atoms with van der Waals surface area (Å²) in [6.07, 6.45) is 1.27. The van der Waals surface area contributed by atoms with E-state index < -0.39 is 12.1 Å². The van der Waals surface area contributed by atoms with Gasteiger partial charge in [-0.3, -0.25) is 0 Å². The molecule has 15 heavy (non-hydrogen) atoms. The van der Waals surface area contributed by atoms with Gasteiger partial charge in [0, 0.05) is 11.5 Å². The highest BCUT2D eigenvalue weighted by Crippen LogP contribution is 2.20. The van der Waals surface area contributed by atoms with Crippen LogP contribution in [0.25, 0.3) is 0 Å². The fourth-order valence-corrected chi connectivity index (χ4v) is 1.50. The van der Waals surface area contributed by atoms with Crippen LogP contribution in [0.2, 0.25) is 0 Å². The maximum atomic E-state index is 11.0. The first-order valence-corrected chi connectivity index (χ1v) is 4.92. The molecule has 1 unspecified atom stereocenters. The monoisotopic (exact) mass is 227 g/mol. The van der Waals surface area contributed by atoms with Gasteiger partial charge in [0.2, 0.25) is 0 Å². The molecule has 7 heteroatoms. The molecule has 1 heterocycles. The highest BCUT2D eigenvalue weighted by Gasteiger charge is 2.12. The third-order valence-corrected chi connectivity index (χ3v) is 2.21. The fourth-order valence-electron chi connectivity index (χ4n) is 0.853. The zero-order valence-electron chi connectivity index (χ0n) is 7.91. The average Bonchev–Trinajstić information content (AvgIpc) is 2.61. The molecule has 0 bridgehead atoms. The number of nitrogen functional groups attached to an aromatic ring is 1. The summed E-state index contributed by atoms with van der Waals surface area (Å²) >= 11 is 1.27. The zero-order valence-corrected chi connectivity index (χ0v) is 8.73. The van der Waals surface area contributed by atoms with Crippen molar-refractivity contribution in [2.45, 2.75) is 13.0 Å². The van der Waals surface area contributed by atoms with E-state index in [1.807, 2.05) is 0 Å². The van der Waals surface area contributed by atoms with E-state index >= 15 is 0 Å². The topological polar surface area (TPSA) is 94.6 Å². The van der Waals surface area contributed by atoms with E-state index in [2.05, 4.69) is 10.2 Å². The van der Waals surface area contributed by atoms with Crippen molar-refractivity contribution in [1.82, 2.24) is 4.98 Å². The second-order valence-electron chi connectivity index (χ2n) is 2.61. The van der Waals surface area contributed by atoms with Gasteiger partial charge in [-0.25, -0.2) is 9.78 Å². The van der Waals surface area contributed by atoms with Crippen LogP contribution in [-0.4, -0.2) is 11.0 Å². The molecule has 0 fully saturated rings. The van der Waals surface area contributed by atoms with Gasteiger partial charge in [0.05, 0.1) is 11.9 Å². The highest BCUT2D eigenvalue weighted by atomic mass is 32.1. The Morgan fingerprint density at radius 1 is 1.80 bits per heavy atom. The summed E-state index contributed by atoms with van der Waals surface area (Å²) in [7, 11) is 0. The maximum absolute atomic E-state index is 11.0. The van der Waals surface area contributed by atoms with Crippen LogP contribution < -0.4 is 5.73 Å². The van der Waals surface area contributed by atoms with Crippen LogP contribution >= 0.6 is 11.3 Å². The van der Waals surface area contributed by atoms with Crippen LogP contribution in [0.1, 0.15) is 18.7 Å². The summed E-state index contributed by atoms with van der Waals surface area (Å²) in [4.78, 5) is 24.7. The quantitative estimate of drug-likeness (QED) is 0.479. The Morgan fingerprint density at radius 2 is 2.53 bits per heavy atom. The molecular formula is C8H9N3O3S. The maximum Gasteiger partial charge on any atom is 0.333 e. The third-order valence-electron chi connectivity index (χ3n) is 1.52. The lowest BCUT2D eigenvalue weighted by Gasteiger charge is -2.07. The number of hydrogen-bond donors (Lipinski definition) is 1. The van der Waals surface area contributed by atoms with Crippen molar-refractivity contribution in [1.29, 1.82) is 0 Å². The Hall–Kier alpha value is -1.76. The molecule has 0 aliphatic carbocycles. The molecule has 1 atom stereocenters. The number of nitrogens with two attached hydrogens (primary N) is 1. The van der Waals surface area contributed by atoms with E-state index in [1.54, 1.807) is 12.3 Å². The number of rotatable bonds is 4. The minimum absolute atomic E-state index is 0.415. The van der Waals surface area contributed by atoms with Crippen LogP contribution in [0.15, 0.2) is 22.8 Å². The molecule has 0 amide bonds. The number of nitrogens with zero attached hydrogens (tertiary/aromatic N) is 2. The minimum atomic E-state index is -0.645. The van der Waals surface area contributed by atoms with Gasteiger partial charge < -0.3 is 10.5 Å². The van der Waals surface area contributed by atoms with Crippen molar-refractivity contribution >= 4 is 22.4 Å². The Morgan fingerprint density at radius 3 is 3.07 bits per heavy atom. The number of carbonyl (C=O) groups excluding carboxylic acids is 1. The first kappa shape index (κ1) is 11.3. The number of hydrogen-bond acceptors (Lipinski definition) is 7. The lowest BCUT2D eigenvalue weighted by molar-refractivity contribution is -0.142. The molecule has 1 rings (SSSR count). The lowest BCUT2D eigenvalue weighted by Crippen LogP contribution is -2.06. The van der Waals surface area contributed by atoms with Crippen LogP contribution in [0.5, 0.6) is 0 Å². The lowest BCUT2D eigenvalue weighted by atomic mass is 10.3. The van der Waals surface area contributed by atoms with Crippen LogP contribution in [0.4, 0.5) is 5.13 Å². The molecule has 2 N–H and O–H groups in total. The highest BCUT2D eigenvalue weighted by molar-refractivity contribution is 7.13. The van der Waals surface area contributed by atoms with Gasteiger partial charge in [-0.05, 0) is 12.1 Å². The van der Waals surface area contributed by atoms with Crippen molar-refractivity contribution in [2.75, 3.05) is 5.73 Å². The van der Waals surface area contributed by atoms with Crippen molar-refractivity contribution in [3.8, 4) is 0 Å². The molecule has 1 aromatic rings. The summed E-state index contributed by atoms with van der Waals surface area (Å²) in [5.74, 6) is -0.645. The standard InChI is InChI=1S/C8H9N3O3S/c1-5(6-4-15-8(9)11-6)14-7(12)2-3-10-13/h2-5H,1H3,(H2,9,11). The van der Waals surface area contributed by atoms with Crippen molar-refractivity contribution < 1.29 is 9.53 Å². The summed E-state index contributed by atoms with van der Waals surface area (Å²) in [6, 6.07) is 0. The predicted octanol–water partition coefficient (Wildman–Crippen LogP) is 1.61. The van der Waals surface area contributed by atoms with E-state index in [-0.39, 0.29) is 0 Å². The predicted molar refractivity (Wildman–Crippen MR) is 56.0 cm³/mol.